The number of aryl methyl sites for hydroxylation is 1. The van der Waals surface area contributed by atoms with E-state index in [1.165, 1.54) is 24.0 Å². The van der Waals surface area contributed by atoms with Gasteiger partial charge in [-0.1, -0.05) is 0 Å². The maximum Gasteiger partial charge on any atom is 0.434 e. The molecule has 0 aliphatic rings. The number of alkyl halides is 3. The Labute approximate surface area is 98.3 Å². The maximum absolute atomic E-state index is 12.8. The maximum atomic E-state index is 12.8. The molecule has 6 nitrogen and oxygen atoms in total. The van der Waals surface area contributed by atoms with E-state index in [1.54, 1.807) is 0 Å². The summed E-state index contributed by atoms with van der Waals surface area (Å²) >= 11 is 0. The topological polar surface area (TPSA) is 72.9 Å². The third-order valence-electron chi connectivity index (χ3n) is 2.18. The molecule has 0 atom stereocenters. The molecule has 2 heterocycles. The predicted molar refractivity (Wildman–Crippen MR) is 52.3 cm³/mol. The number of nitrogens with zero attached hydrogens (tertiary/aromatic N) is 4. The number of aromatic nitrogens is 4. The van der Waals surface area contributed by atoms with E-state index in [9.17, 15) is 18.0 Å². The average molecular weight is 260 g/mol. The van der Waals surface area contributed by atoms with E-state index in [2.05, 4.69) is 10.2 Å². The molecule has 0 bridgehead atoms. The highest BCUT2D eigenvalue weighted by atomic mass is 19.4. The lowest BCUT2D eigenvalue weighted by molar-refractivity contribution is -0.143. The second kappa shape index (κ2) is 3.86. The average Bonchev–Trinajstić information content (AvgIpc) is 2.80. The van der Waals surface area contributed by atoms with Gasteiger partial charge >= 0.3 is 12.1 Å². The molecule has 0 amide bonds. The first-order valence-electron chi connectivity index (χ1n) is 4.69. The van der Waals surface area contributed by atoms with Crippen LogP contribution in [0.5, 0.6) is 0 Å². The van der Waals surface area contributed by atoms with E-state index in [0.717, 1.165) is 0 Å². The van der Waals surface area contributed by atoms with Crippen molar-refractivity contribution in [1.82, 2.24) is 19.6 Å². The Morgan fingerprint density at radius 1 is 1.44 bits per heavy atom. The van der Waals surface area contributed by atoms with Crippen molar-refractivity contribution >= 4 is 5.97 Å². The van der Waals surface area contributed by atoms with Crippen LogP contribution in [0, 0.1) is 0 Å². The van der Waals surface area contributed by atoms with Crippen molar-refractivity contribution in [3.8, 4) is 5.82 Å². The second-order valence-corrected chi connectivity index (χ2v) is 3.47. The highest BCUT2D eigenvalue weighted by Crippen LogP contribution is 2.33. The fourth-order valence-electron chi connectivity index (χ4n) is 1.47. The van der Waals surface area contributed by atoms with Crippen molar-refractivity contribution < 1.29 is 23.1 Å². The van der Waals surface area contributed by atoms with Crippen LogP contribution < -0.4 is 0 Å². The molecule has 2 rings (SSSR count). The Kier molecular flexibility index (Phi) is 2.60. The first-order valence-corrected chi connectivity index (χ1v) is 4.69. The van der Waals surface area contributed by atoms with Crippen LogP contribution in [0.15, 0.2) is 18.5 Å². The first kappa shape index (κ1) is 12.1. The molecular formula is C9H7F3N4O2. The lowest BCUT2D eigenvalue weighted by atomic mass is 10.2. The monoisotopic (exact) mass is 260 g/mol. The molecule has 0 aliphatic heterocycles. The highest BCUT2D eigenvalue weighted by molar-refractivity contribution is 5.89. The smallest absolute Gasteiger partial charge is 0.434 e. The van der Waals surface area contributed by atoms with Gasteiger partial charge in [0.15, 0.2) is 11.5 Å². The van der Waals surface area contributed by atoms with Gasteiger partial charge in [0, 0.05) is 19.3 Å². The molecule has 2 aromatic heterocycles. The molecule has 0 spiro atoms. The minimum Gasteiger partial charge on any atom is -0.478 e. The SMILES string of the molecule is Cn1ccc(-n2ncc(C(=O)O)c2C(F)(F)F)n1. The Hall–Kier alpha value is -2.32. The minimum absolute atomic E-state index is 0.0997. The van der Waals surface area contributed by atoms with Gasteiger partial charge in [0.05, 0.1) is 6.20 Å². The Morgan fingerprint density at radius 2 is 2.11 bits per heavy atom. The first-order chi connectivity index (χ1) is 8.30. The molecular weight excluding hydrogens is 253 g/mol. The van der Waals surface area contributed by atoms with Crippen LogP contribution in [0.25, 0.3) is 5.82 Å². The molecule has 0 radical (unpaired) electrons. The van der Waals surface area contributed by atoms with Gasteiger partial charge in [-0.2, -0.15) is 23.4 Å². The number of aromatic carboxylic acids is 1. The van der Waals surface area contributed by atoms with Crippen LogP contribution in [0.3, 0.4) is 0 Å². The molecule has 1 N–H and O–H groups in total. The molecule has 0 fully saturated rings. The van der Waals surface area contributed by atoms with Crippen LogP contribution in [0.1, 0.15) is 16.1 Å². The molecule has 2 aromatic rings. The van der Waals surface area contributed by atoms with E-state index >= 15 is 0 Å². The molecule has 96 valence electrons. The summed E-state index contributed by atoms with van der Waals surface area (Å²) in [5, 5.41) is 15.9. The van der Waals surface area contributed by atoms with Crippen molar-refractivity contribution in [2.75, 3.05) is 0 Å². The van der Waals surface area contributed by atoms with Crippen LogP contribution >= 0.6 is 0 Å². The van der Waals surface area contributed by atoms with Gasteiger partial charge in [-0.05, 0) is 0 Å². The Morgan fingerprint density at radius 3 is 2.56 bits per heavy atom. The van der Waals surface area contributed by atoms with Crippen LogP contribution in [0.4, 0.5) is 13.2 Å². The third kappa shape index (κ3) is 1.94. The van der Waals surface area contributed by atoms with Crippen molar-refractivity contribution in [2.24, 2.45) is 7.05 Å². The summed E-state index contributed by atoms with van der Waals surface area (Å²) < 4.78 is 40.3. The minimum atomic E-state index is -4.83. The Balaban J connectivity index is 2.66. The van der Waals surface area contributed by atoms with E-state index in [0.29, 0.717) is 10.9 Å². The summed E-state index contributed by atoms with van der Waals surface area (Å²) in [4.78, 5) is 10.7. The molecule has 18 heavy (non-hydrogen) atoms. The molecule has 9 heteroatoms. The van der Waals surface area contributed by atoms with E-state index in [-0.39, 0.29) is 5.82 Å². The lowest BCUT2D eigenvalue weighted by Crippen LogP contribution is -2.17. The van der Waals surface area contributed by atoms with Crippen molar-refractivity contribution in [2.45, 2.75) is 6.18 Å². The summed E-state index contributed by atoms with van der Waals surface area (Å²) in [6.07, 6.45) is -2.75. The molecule has 0 aliphatic carbocycles. The Bertz CT molecular complexity index is 599. The lowest BCUT2D eigenvalue weighted by Gasteiger charge is -2.09. The van der Waals surface area contributed by atoms with Crippen molar-refractivity contribution in [3.63, 3.8) is 0 Å². The van der Waals surface area contributed by atoms with Crippen molar-refractivity contribution in [1.29, 1.82) is 0 Å². The summed E-state index contributed by atoms with van der Waals surface area (Å²) in [6.45, 7) is 0. The molecule has 0 unspecified atom stereocenters. The summed E-state index contributed by atoms with van der Waals surface area (Å²) in [5.74, 6) is -1.79. The summed E-state index contributed by atoms with van der Waals surface area (Å²) in [6, 6.07) is 1.30. The van der Waals surface area contributed by atoms with Gasteiger partial charge in [0.1, 0.15) is 5.56 Å². The summed E-state index contributed by atoms with van der Waals surface area (Å²) in [7, 11) is 1.53. The number of carboxylic acids is 1. The zero-order valence-electron chi connectivity index (χ0n) is 9.01. The normalized spacial score (nSPS) is 11.8. The van der Waals surface area contributed by atoms with E-state index in [1.807, 2.05) is 0 Å². The highest BCUT2D eigenvalue weighted by Gasteiger charge is 2.41. The van der Waals surface area contributed by atoms with Gasteiger partial charge in [-0.15, -0.1) is 0 Å². The molecule has 0 saturated heterocycles. The third-order valence-corrected chi connectivity index (χ3v) is 2.18. The van der Waals surface area contributed by atoms with E-state index < -0.39 is 23.4 Å². The number of carbonyl (C=O) groups is 1. The fraction of sp³-hybridized carbons (Fsp3) is 0.222. The van der Waals surface area contributed by atoms with Crippen molar-refractivity contribution in [3.05, 3.63) is 29.7 Å². The van der Waals surface area contributed by atoms with Gasteiger partial charge in [0.25, 0.3) is 0 Å². The van der Waals surface area contributed by atoms with Crippen LogP contribution in [-0.2, 0) is 13.2 Å². The predicted octanol–water partition coefficient (Wildman–Crippen LogP) is 1.32. The van der Waals surface area contributed by atoms with Crippen LogP contribution in [-0.4, -0.2) is 30.6 Å². The second-order valence-electron chi connectivity index (χ2n) is 3.47. The van der Waals surface area contributed by atoms with Gasteiger partial charge in [0.2, 0.25) is 0 Å². The molecule has 0 aromatic carbocycles. The van der Waals surface area contributed by atoms with E-state index in [4.69, 9.17) is 5.11 Å². The number of halogens is 3. The fourth-order valence-corrected chi connectivity index (χ4v) is 1.47. The zero-order chi connectivity index (χ0) is 13.5. The number of hydrogen-bond acceptors (Lipinski definition) is 3. The quantitative estimate of drug-likeness (QED) is 0.883. The van der Waals surface area contributed by atoms with Crippen LogP contribution in [0.2, 0.25) is 0 Å². The zero-order valence-corrected chi connectivity index (χ0v) is 9.01. The largest absolute Gasteiger partial charge is 0.478 e. The molecule has 0 saturated carbocycles. The van der Waals surface area contributed by atoms with Gasteiger partial charge in [-0.25, -0.2) is 9.48 Å². The number of rotatable bonds is 2. The van der Waals surface area contributed by atoms with Gasteiger partial charge in [-0.3, -0.25) is 4.68 Å². The standard InChI is InChI=1S/C9H7F3N4O2/c1-15-3-2-6(14-15)16-7(9(10,11)12)5(4-13-16)8(17)18/h2-4H,1H3,(H,17,18). The number of carboxylic acid groups (broad SMARTS) is 1. The van der Waals surface area contributed by atoms with Gasteiger partial charge < -0.3 is 5.11 Å². The summed E-state index contributed by atoms with van der Waals surface area (Å²) in [5.41, 5.74) is -2.26. The number of hydrogen-bond donors (Lipinski definition) is 1.